The van der Waals surface area contributed by atoms with Gasteiger partial charge in [-0.25, -0.2) is 0 Å². The van der Waals surface area contributed by atoms with E-state index in [1.54, 1.807) is 11.3 Å². The minimum absolute atomic E-state index is 0.0765. The second-order valence-electron chi connectivity index (χ2n) is 5.37. The van der Waals surface area contributed by atoms with Crippen LogP contribution in [0.5, 0.6) is 5.75 Å². The lowest BCUT2D eigenvalue weighted by atomic mass is 10.2. The maximum Gasteiger partial charge on any atom is 0.277 e. The van der Waals surface area contributed by atoms with Gasteiger partial charge in [0.05, 0.1) is 12.4 Å². The van der Waals surface area contributed by atoms with Gasteiger partial charge in [0.2, 0.25) is 5.89 Å². The summed E-state index contributed by atoms with van der Waals surface area (Å²) >= 11 is 2.89. The van der Waals surface area contributed by atoms with Gasteiger partial charge in [-0.2, -0.15) is 0 Å². The Morgan fingerprint density at radius 2 is 2.00 bits per heavy atom. The number of carbonyl (C=O) groups is 1. The average Bonchev–Trinajstić information content (AvgIpc) is 3.20. The zero-order valence-electron chi connectivity index (χ0n) is 14.2. The molecule has 130 valence electrons. The van der Waals surface area contributed by atoms with Crippen molar-refractivity contribution in [3.63, 3.8) is 0 Å². The Morgan fingerprint density at radius 1 is 1.24 bits per heavy atom. The molecule has 0 unspecified atom stereocenters. The molecule has 0 bridgehead atoms. The lowest BCUT2D eigenvalue weighted by Crippen LogP contribution is -2.02. The first kappa shape index (κ1) is 17.7. The molecule has 0 N–H and O–H groups in total. The number of nitrogens with zero attached hydrogens (tertiary/aromatic N) is 2. The Hall–Kier alpha value is -2.12. The molecule has 0 spiro atoms. The molecule has 2 heterocycles. The zero-order chi connectivity index (χ0) is 17.8. The first-order chi connectivity index (χ1) is 12.1. The lowest BCUT2D eigenvalue weighted by Gasteiger charge is -2.02. The molecule has 2 aromatic heterocycles. The third kappa shape index (κ3) is 4.29. The molecule has 5 nitrogen and oxygen atoms in total. The van der Waals surface area contributed by atoms with E-state index in [0.29, 0.717) is 17.7 Å². The molecule has 1 aromatic carbocycles. The maximum absolute atomic E-state index is 12.3. The molecule has 0 fully saturated rings. The largest absolute Gasteiger partial charge is 0.494 e. The van der Waals surface area contributed by atoms with E-state index in [2.05, 4.69) is 10.2 Å². The van der Waals surface area contributed by atoms with Crippen LogP contribution >= 0.6 is 23.1 Å². The Kier molecular flexibility index (Phi) is 5.55. The Morgan fingerprint density at radius 3 is 2.64 bits per heavy atom. The number of thioether (sulfide) groups is 1. The summed E-state index contributed by atoms with van der Waals surface area (Å²) in [6, 6.07) is 9.40. The number of hydrogen-bond donors (Lipinski definition) is 0. The van der Waals surface area contributed by atoms with Crippen LogP contribution in [0, 0.1) is 13.8 Å². The predicted molar refractivity (Wildman–Crippen MR) is 99.8 cm³/mol. The van der Waals surface area contributed by atoms with Crippen LogP contribution in [0.15, 0.2) is 40.0 Å². The quantitative estimate of drug-likeness (QED) is 0.438. The van der Waals surface area contributed by atoms with E-state index in [9.17, 15) is 4.79 Å². The van der Waals surface area contributed by atoms with Gasteiger partial charge in [-0.3, -0.25) is 4.79 Å². The van der Waals surface area contributed by atoms with E-state index >= 15 is 0 Å². The fourth-order valence-corrected chi connectivity index (χ4v) is 3.95. The van der Waals surface area contributed by atoms with Crippen molar-refractivity contribution in [1.82, 2.24) is 10.2 Å². The lowest BCUT2D eigenvalue weighted by molar-refractivity contribution is 0.102. The molecule has 3 aromatic rings. The van der Waals surface area contributed by atoms with Crippen LogP contribution in [0.3, 0.4) is 0 Å². The molecular weight excluding hydrogens is 356 g/mol. The highest BCUT2D eigenvalue weighted by Crippen LogP contribution is 2.27. The van der Waals surface area contributed by atoms with Gasteiger partial charge in [0.25, 0.3) is 5.22 Å². The molecule has 0 radical (unpaired) electrons. The van der Waals surface area contributed by atoms with E-state index in [0.717, 1.165) is 26.6 Å². The molecular formula is C18H18N2O3S2. The molecule has 0 aliphatic heterocycles. The number of carbonyl (C=O) groups excluding carboxylic acids is 1. The van der Waals surface area contributed by atoms with Gasteiger partial charge in [0.15, 0.2) is 5.78 Å². The summed E-state index contributed by atoms with van der Waals surface area (Å²) in [6.45, 7) is 6.53. The number of aryl methyl sites for hydroxylation is 2. The third-order valence-electron chi connectivity index (χ3n) is 3.49. The summed E-state index contributed by atoms with van der Waals surface area (Å²) in [4.78, 5) is 14.5. The summed E-state index contributed by atoms with van der Waals surface area (Å²) in [5.74, 6) is 1.59. The molecule has 3 rings (SSSR count). The normalized spacial score (nSPS) is 10.8. The maximum atomic E-state index is 12.3. The molecule has 0 aliphatic rings. The summed E-state index contributed by atoms with van der Waals surface area (Å²) in [7, 11) is 0. The van der Waals surface area contributed by atoms with Gasteiger partial charge in [-0.15, -0.1) is 21.5 Å². The van der Waals surface area contributed by atoms with Crippen molar-refractivity contribution < 1.29 is 13.9 Å². The van der Waals surface area contributed by atoms with Crippen molar-refractivity contribution in [1.29, 1.82) is 0 Å². The number of thiophene rings is 1. The second-order valence-corrected chi connectivity index (χ2v) is 7.76. The summed E-state index contributed by atoms with van der Waals surface area (Å²) in [5.41, 5.74) is 1.60. The van der Waals surface area contributed by atoms with Crippen molar-refractivity contribution >= 4 is 28.9 Å². The first-order valence-corrected chi connectivity index (χ1v) is 9.66. The number of ketones is 1. The molecule has 0 atom stereocenters. The van der Waals surface area contributed by atoms with Crippen LogP contribution in [0.25, 0.3) is 11.5 Å². The third-order valence-corrected chi connectivity index (χ3v) is 5.27. The summed E-state index contributed by atoms with van der Waals surface area (Å²) < 4.78 is 11.1. The molecule has 0 saturated heterocycles. The molecule has 0 aliphatic carbocycles. The van der Waals surface area contributed by atoms with Gasteiger partial charge in [-0.1, -0.05) is 11.8 Å². The fraction of sp³-hybridized carbons (Fsp3) is 0.278. The highest BCUT2D eigenvalue weighted by Gasteiger charge is 2.15. The Bertz CT molecular complexity index is 869. The minimum atomic E-state index is 0.0765. The number of rotatable bonds is 7. The van der Waals surface area contributed by atoms with E-state index < -0.39 is 0 Å². The molecule has 7 heteroatoms. The SMILES string of the molecule is CCOc1ccc(-c2nnc(SCC(=O)c3cc(C)sc3C)o2)cc1. The Balaban J connectivity index is 1.63. The number of Topliss-reactive ketones (excluding diaryl/α,β-unsaturated/α-hetero) is 1. The average molecular weight is 374 g/mol. The van der Waals surface area contributed by atoms with Gasteiger partial charge in [-0.05, 0) is 51.1 Å². The highest BCUT2D eigenvalue weighted by molar-refractivity contribution is 7.99. The minimum Gasteiger partial charge on any atom is -0.494 e. The van der Waals surface area contributed by atoms with Crippen LogP contribution in [-0.4, -0.2) is 28.3 Å². The number of hydrogen-bond acceptors (Lipinski definition) is 7. The number of benzene rings is 1. The van der Waals surface area contributed by atoms with Crippen molar-refractivity contribution in [2.24, 2.45) is 0 Å². The van der Waals surface area contributed by atoms with Crippen LogP contribution in [0.2, 0.25) is 0 Å². The van der Waals surface area contributed by atoms with Crippen molar-refractivity contribution in [3.05, 3.63) is 45.6 Å². The first-order valence-electron chi connectivity index (χ1n) is 7.86. The van der Waals surface area contributed by atoms with Crippen molar-refractivity contribution in [2.75, 3.05) is 12.4 Å². The van der Waals surface area contributed by atoms with E-state index in [1.807, 2.05) is 51.1 Å². The van der Waals surface area contributed by atoms with Crippen molar-refractivity contribution in [2.45, 2.75) is 26.0 Å². The van der Waals surface area contributed by atoms with Crippen LogP contribution in [-0.2, 0) is 0 Å². The number of ether oxygens (including phenoxy) is 1. The van der Waals surface area contributed by atoms with Gasteiger partial charge in [0, 0.05) is 20.9 Å². The van der Waals surface area contributed by atoms with Crippen LogP contribution in [0.4, 0.5) is 0 Å². The highest BCUT2D eigenvalue weighted by atomic mass is 32.2. The Labute approximate surface area is 154 Å². The van der Waals surface area contributed by atoms with Gasteiger partial charge >= 0.3 is 0 Å². The zero-order valence-corrected chi connectivity index (χ0v) is 15.9. The number of aromatic nitrogens is 2. The van der Waals surface area contributed by atoms with E-state index in [1.165, 1.54) is 11.8 Å². The molecule has 0 saturated carbocycles. The molecule has 0 amide bonds. The van der Waals surface area contributed by atoms with Gasteiger partial charge < -0.3 is 9.15 Å². The topological polar surface area (TPSA) is 65.2 Å². The summed E-state index contributed by atoms with van der Waals surface area (Å²) in [5, 5.41) is 8.45. The monoisotopic (exact) mass is 374 g/mol. The fourth-order valence-electron chi connectivity index (χ4n) is 2.36. The van der Waals surface area contributed by atoms with Crippen LogP contribution in [0.1, 0.15) is 27.0 Å². The molecule has 25 heavy (non-hydrogen) atoms. The standard InChI is InChI=1S/C18H18N2O3S2/c1-4-22-14-7-5-13(6-8-14)17-19-20-18(23-17)24-10-16(21)15-9-11(2)25-12(15)3/h5-9H,4,10H2,1-3H3. The van der Waals surface area contributed by atoms with Crippen LogP contribution < -0.4 is 4.74 Å². The predicted octanol–water partition coefficient (Wildman–Crippen LogP) is 4.79. The summed E-state index contributed by atoms with van der Waals surface area (Å²) in [6.07, 6.45) is 0. The second kappa shape index (κ2) is 7.84. The van der Waals surface area contributed by atoms with E-state index in [4.69, 9.17) is 9.15 Å². The smallest absolute Gasteiger partial charge is 0.277 e. The van der Waals surface area contributed by atoms with Crippen molar-refractivity contribution in [3.8, 4) is 17.2 Å². The van der Waals surface area contributed by atoms with Gasteiger partial charge in [0.1, 0.15) is 5.75 Å². The van der Waals surface area contributed by atoms with E-state index in [-0.39, 0.29) is 11.5 Å².